The molecule has 10 nitrogen and oxygen atoms in total. The summed E-state index contributed by atoms with van der Waals surface area (Å²) in [6, 6.07) is 0. The van der Waals surface area contributed by atoms with Crippen LogP contribution in [0.15, 0.2) is 11.6 Å². The van der Waals surface area contributed by atoms with Gasteiger partial charge in [0.15, 0.2) is 12.6 Å². The molecule has 2 rings (SSSR count). The third-order valence-electron chi connectivity index (χ3n) is 4.30. The molecule has 6 N–H and O–H groups in total. The lowest BCUT2D eigenvalue weighted by Crippen LogP contribution is -2.60. The summed E-state index contributed by atoms with van der Waals surface area (Å²) in [5, 5.41) is 58.9. The molecule has 0 bridgehead atoms. The number of aliphatic hydroxyl groups is 6. The molecule has 0 aromatic rings. The van der Waals surface area contributed by atoms with Crippen LogP contribution in [0, 0.1) is 0 Å². The first-order valence-corrected chi connectivity index (χ1v) is 8.44. The predicted octanol–water partition coefficient (Wildman–Crippen LogP) is -2.77. The maximum Gasteiger partial charge on any atom is 0.187 e. The normalized spacial score (nSPS) is 43.9. The number of rotatable bonds is 6. The van der Waals surface area contributed by atoms with Crippen molar-refractivity contribution in [3.63, 3.8) is 0 Å². The molecule has 2 aliphatic rings. The lowest BCUT2D eigenvalue weighted by molar-refractivity contribution is -0.319. The first kappa shape index (κ1) is 21.6. The van der Waals surface area contributed by atoms with Crippen LogP contribution in [0.25, 0.3) is 0 Å². The lowest BCUT2D eigenvalue weighted by Gasteiger charge is -2.41. The maximum atomic E-state index is 10.1. The van der Waals surface area contributed by atoms with Crippen molar-refractivity contribution in [1.29, 1.82) is 0 Å². The topological polar surface area (TPSA) is 158 Å². The van der Waals surface area contributed by atoms with Crippen LogP contribution in [0.3, 0.4) is 0 Å². The standard InChI is InChI=1S/C16H28O10/c1-7(2)3-4-23-16-14(22)12(20)11(19)9(26-16)6-25-15-13(21)10(18)8(17)5-24-15/h3,8-22H,4-6H2,1-2H3. The number of hydrogen-bond acceptors (Lipinski definition) is 10. The summed E-state index contributed by atoms with van der Waals surface area (Å²) in [6.07, 6.45) is -10.3. The summed E-state index contributed by atoms with van der Waals surface area (Å²) in [4.78, 5) is 0. The molecule has 2 aliphatic heterocycles. The first-order chi connectivity index (χ1) is 12.2. The monoisotopic (exact) mass is 380 g/mol. The molecule has 10 heteroatoms. The number of allylic oxidation sites excluding steroid dienone is 1. The van der Waals surface area contributed by atoms with Gasteiger partial charge in [-0.1, -0.05) is 11.6 Å². The minimum Gasteiger partial charge on any atom is -0.388 e. The Morgan fingerprint density at radius 1 is 0.885 bits per heavy atom. The number of ether oxygens (including phenoxy) is 4. The largest absolute Gasteiger partial charge is 0.388 e. The van der Waals surface area contributed by atoms with Crippen LogP contribution in [0.1, 0.15) is 13.8 Å². The third kappa shape index (κ3) is 5.20. The van der Waals surface area contributed by atoms with E-state index in [9.17, 15) is 30.6 Å². The van der Waals surface area contributed by atoms with E-state index in [1.807, 2.05) is 13.8 Å². The lowest BCUT2D eigenvalue weighted by atomic mass is 9.99. The molecule has 0 saturated carbocycles. The molecule has 152 valence electrons. The van der Waals surface area contributed by atoms with Crippen molar-refractivity contribution in [1.82, 2.24) is 0 Å². The highest BCUT2D eigenvalue weighted by atomic mass is 16.7. The van der Waals surface area contributed by atoms with Crippen LogP contribution in [-0.2, 0) is 18.9 Å². The number of aliphatic hydroxyl groups excluding tert-OH is 6. The van der Waals surface area contributed by atoms with Gasteiger partial charge in [-0.25, -0.2) is 0 Å². The van der Waals surface area contributed by atoms with Gasteiger partial charge < -0.3 is 49.6 Å². The summed E-state index contributed by atoms with van der Waals surface area (Å²) in [7, 11) is 0. The van der Waals surface area contributed by atoms with Crippen LogP contribution < -0.4 is 0 Å². The molecule has 0 aliphatic carbocycles. The third-order valence-corrected chi connectivity index (χ3v) is 4.30. The molecule has 26 heavy (non-hydrogen) atoms. The second-order valence-corrected chi connectivity index (χ2v) is 6.71. The van der Waals surface area contributed by atoms with Gasteiger partial charge in [0, 0.05) is 0 Å². The van der Waals surface area contributed by atoms with Crippen molar-refractivity contribution >= 4 is 0 Å². The summed E-state index contributed by atoms with van der Waals surface area (Å²) in [5.41, 5.74) is 1.000. The van der Waals surface area contributed by atoms with Crippen molar-refractivity contribution in [3.05, 3.63) is 11.6 Å². The van der Waals surface area contributed by atoms with Crippen molar-refractivity contribution in [2.75, 3.05) is 19.8 Å². The maximum absolute atomic E-state index is 10.1. The zero-order valence-corrected chi connectivity index (χ0v) is 14.7. The zero-order chi connectivity index (χ0) is 19.4. The highest BCUT2D eigenvalue weighted by Crippen LogP contribution is 2.24. The fourth-order valence-electron chi connectivity index (χ4n) is 2.62. The van der Waals surface area contributed by atoms with Gasteiger partial charge in [-0.2, -0.15) is 0 Å². The van der Waals surface area contributed by atoms with Crippen LogP contribution in [-0.4, -0.2) is 106 Å². The molecule has 9 unspecified atom stereocenters. The zero-order valence-electron chi connectivity index (χ0n) is 14.7. The van der Waals surface area contributed by atoms with Gasteiger partial charge in [-0.05, 0) is 13.8 Å². The molecular formula is C16H28O10. The Hall–Kier alpha value is -0.660. The highest BCUT2D eigenvalue weighted by molar-refractivity contribution is 4.94. The molecule has 0 aromatic carbocycles. The van der Waals surface area contributed by atoms with Gasteiger partial charge in [0.05, 0.1) is 19.8 Å². The van der Waals surface area contributed by atoms with E-state index in [4.69, 9.17) is 18.9 Å². The van der Waals surface area contributed by atoms with E-state index in [1.165, 1.54) is 0 Å². The summed E-state index contributed by atoms with van der Waals surface area (Å²) in [6.45, 7) is 3.36. The Morgan fingerprint density at radius 2 is 1.54 bits per heavy atom. The van der Waals surface area contributed by atoms with Crippen LogP contribution in [0.5, 0.6) is 0 Å². The van der Waals surface area contributed by atoms with Crippen molar-refractivity contribution in [2.24, 2.45) is 0 Å². The molecule has 2 fully saturated rings. The molecule has 0 amide bonds. The van der Waals surface area contributed by atoms with Gasteiger partial charge >= 0.3 is 0 Å². The van der Waals surface area contributed by atoms with Crippen LogP contribution in [0.4, 0.5) is 0 Å². The Labute approximate surface area is 151 Å². The van der Waals surface area contributed by atoms with E-state index in [0.29, 0.717) is 0 Å². The molecule has 0 radical (unpaired) electrons. The minimum atomic E-state index is -1.52. The SMILES string of the molecule is CC(C)=CCOC1OC(COC2OCC(O)C(O)C2O)C(O)C(O)C1O. The second-order valence-electron chi connectivity index (χ2n) is 6.71. The first-order valence-electron chi connectivity index (χ1n) is 8.44. The highest BCUT2D eigenvalue weighted by Gasteiger charge is 2.45. The van der Waals surface area contributed by atoms with E-state index in [2.05, 4.69) is 0 Å². The van der Waals surface area contributed by atoms with Gasteiger partial charge in [0.25, 0.3) is 0 Å². The molecule has 0 spiro atoms. The Balaban J connectivity index is 1.91. The van der Waals surface area contributed by atoms with Crippen molar-refractivity contribution in [2.45, 2.75) is 69.2 Å². The van der Waals surface area contributed by atoms with Gasteiger partial charge in [-0.3, -0.25) is 0 Å². The second kappa shape index (κ2) is 9.51. The molecular weight excluding hydrogens is 352 g/mol. The average molecular weight is 380 g/mol. The summed E-state index contributed by atoms with van der Waals surface area (Å²) < 4.78 is 21.2. The van der Waals surface area contributed by atoms with Crippen molar-refractivity contribution < 1.29 is 49.6 Å². The molecule has 2 heterocycles. The molecule has 2 saturated heterocycles. The Bertz CT molecular complexity index is 468. The summed E-state index contributed by atoms with van der Waals surface area (Å²) >= 11 is 0. The van der Waals surface area contributed by atoms with Crippen molar-refractivity contribution in [3.8, 4) is 0 Å². The minimum absolute atomic E-state index is 0.148. The Kier molecular flexibility index (Phi) is 7.91. The van der Waals surface area contributed by atoms with Gasteiger partial charge in [0.1, 0.15) is 42.7 Å². The van der Waals surface area contributed by atoms with Crippen LogP contribution in [0.2, 0.25) is 0 Å². The smallest absolute Gasteiger partial charge is 0.187 e. The van der Waals surface area contributed by atoms with Crippen LogP contribution >= 0.6 is 0 Å². The number of hydrogen-bond donors (Lipinski definition) is 6. The van der Waals surface area contributed by atoms with Gasteiger partial charge in [0.2, 0.25) is 0 Å². The predicted molar refractivity (Wildman–Crippen MR) is 85.8 cm³/mol. The molecule has 9 atom stereocenters. The van der Waals surface area contributed by atoms with E-state index >= 15 is 0 Å². The fraction of sp³-hybridized carbons (Fsp3) is 0.875. The van der Waals surface area contributed by atoms with Gasteiger partial charge in [-0.15, -0.1) is 0 Å². The van der Waals surface area contributed by atoms with E-state index < -0.39 is 55.3 Å². The van der Waals surface area contributed by atoms with E-state index in [0.717, 1.165) is 5.57 Å². The van der Waals surface area contributed by atoms with E-state index in [-0.39, 0.29) is 19.8 Å². The fourth-order valence-corrected chi connectivity index (χ4v) is 2.62. The summed E-state index contributed by atoms with van der Waals surface area (Å²) in [5.74, 6) is 0. The Morgan fingerprint density at radius 3 is 2.19 bits per heavy atom. The molecule has 0 aromatic heterocycles. The van der Waals surface area contributed by atoms with E-state index in [1.54, 1.807) is 6.08 Å². The quantitative estimate of drug-likeness (QED) is 0.266. The average Bonchev–Trinajstić information content (AvgIpc) is 2.60.